The fourth-order valence-electron chi connectivity index (χ4n) is 1.99. The molecule has 3 rings (SSSR count). The molecule has 114 valence electrons. The van der Waals surface area contributed by atoms with Crippen LogP contribution in [0.15, 0.2) is 29.4 Å². The SMILES string of the molecule is CCCn1nnnc1CSc1n[nH]c(-c2ccc(C)cc2)n1. The molecule has 8 heteroatoms. The number of aromatic nitrogens is 7. The van der Waals surface area contributed by atoms with Crippen LogP contribution >= 0.6 is 11.8 Å². The number of nitrogens with zero attached hydrogens (tertiary/aromatic N) is 6. The molecule has 0 aliphatic rings. The van der Waals surface area contributed by atoms with Crippen molar-refractivity contribution >= 4 is 11.8 Å². The Labute approximate surface area is 132 Å². The van der Waals surface area contributed by atoms with E-state index < -0.39 is 0 Å². The maximum Gasteiger partial charge on any atom is 0.209 e. The third-order valence-electron chi connectivity index (χ3n) is 3.16. The van der Waals surface area contributed by atoms with Crippen LogP contribution in [0.3, 0.4) is 0 Å². The topological polar surface area (TPSA) is 85.2 Å². The Bertz CT molecular complexity index is 732. The van der Waals surface area contributed by atoms with E-state index in [1.807, 2.05) is 16.8 Å². The molecule has 0 aliphatic heterocycles. The number of H-pyrrole nitrogens is 1. The molecular weight excluding hydrogens is 298 g/mol. The molecule has 7 nitrogen and oxygen atoms in total. The van der Waals surface area contributed by atoms with Gasteiger partial charge in [-0.1, -0.05) is 48.5 Å². The van der Waals surface area contributed by atoms with E-state index in [0.717, 1.165) is 30.2 Å². The minimum Gasteiger partial charge on any atom is -0.258 e. The first-order chi connectivity index (χ1) is 10.8. The molecule has 0 saturated carbocycles. The molecule has 1 N–H and O–H groups in total. The number of hydrogen-bond donors (Lipinski definition) is 1. The molecule has 0 fully saturated rings. The van der Waals surface area contributed by atoms with Crippen LogP contribution < -0.4 is 0 Å². The Morgan fingerprint density at radius 3 is 2.82 bits per heavy atom. The quantitative estimate of drug-likeness (QED) is 0.703. The third-order valence-corrected chi connectivity index (χ3v) is 4.01. The van der Waals surface area contributed by atoms with Gasteiger partial charge in [0.25, 0.3) is 0 Å². The van der Waals surface area contributed by atoms with Crippen LogP contribution in [0.4, 0.5) is 0 Å². The highest BCUT2D eigenvalue weighted by Crippen LogP contribution is 2.21. The molecule has 1 aromatic carbocycles. The monoisotopic (exact) mass is 315 g/mol. The van der Waals surface area contributed by atoms with E-state index in [-0.39, 0.29) is 0 Å². The lowest BCUT2D eigenvalue weighted by molar-refractivity contribution is 0.564. The molecule has 2 heterocycles. The van der Waals surface area contributed by atoms with E-state index in [2.05, 4.69) is 56.7 Å². The summed E-state index contributed by atoms with van der Waals surface area (Å²) in [7, 11) is 0. The van der Waals surface area contributed by atoms with Crippen molar-refractivity contribution in [3.8, 4) is 11.4 Å². The van der Waals surface area contributed by atoms with E-state index in [0.29, 0.717) is 10.9 Å². The van der Waals surface area contributed by atoms with Crippen molar-refractivity contribution in [3.05, 3.63) is 35.7 Å². The molecule has 3 aromatic rings. The summed E-state index contributed by atoms with van der Waals surface area (Å²) in [6, 6.07) is 8.19. The van der Waals surface area contributed by atoms with Gasteiger partial charge in [0.1, 0.15) is 0 Å². The molecular formula is C14H17N7S. The Kier molecular flexibility index (Phi) is 4.47. The normalized spacial score (nSPS) is 11.0. The van der Waals surface area contributed by atoms with Crippen molar-refractivity contribution in [2.24, 2.45) is 0 Å². The van der Waals surface area contributed by atoms with Gasteiger partial charge in [-0.3, -0.25) is 5.10 Å². The van der Waals surface area contributed by atoms with Crippen molar-refractivity contribution in [1.82, 2.24) is 35.4 Å². The molecule has 0 atom stereocenters. The highest BCUT2D eigenvalue weighted by molar-refractivity contribution is 7.98. The van der Waals surface area contributed by atoms with Crippen molar-refractivity contribution in [3.63, 3.8) is 0 Å². The average Bonchev–Trinajstić information content (AvgIpc) is 3.16. The molecule has 0 amide bonds. The number of hydrogen-bond acceptors (Lipinski definition) is 6. The van der Waals surface area contributed by atoms with Gasteiger partial charge < -0.3 is 0 Å². The minimum absolute atomic E-state index is 0.651. The van der Waals surface area contributed by atoms with E-state index in [1.54, 1.807) is 0 Å². The van der Waals surface area contributed by atoms with Crippen LogP contribution in [0.2, 0.25) is 0 Å². The highest BCUT2D eigenvalue weighted by Gasteiger charge is 2.10. The molecule has 0 bridgehead atoms. The van der Waals surface area contributed by atoms with Crippen LogP contribution in [0.1, 0.15) is 24.7 Å². The van der Waals surface area contributed by atoms with Crippen LogP contribution in [-0.2, 0) is 12.3 Å². The summed E-state index contributed by atoms with van der Waals surface area (Å²) < 4.78 is 1.82. The zero-order valence-electron chi connectivity index (χ0n) is 12.5. The van der Waals surface area contributed by atoms with Gasteiger partial charge >= 0.3 is 0 Å². The highest BCUT2D eigenvalue weighted by atomic mass is 32.2. The summed E-state index contributed by atoms with van der Waals surface area (Å²) in [4.78, 5) is 4.50. The largest absolute Gasteiger partial charge is 0.258 e. The number of benzene rings is 1. The lowest BCUT2D eigenvalue weighted by Gasteiger charge is -2.00. The lowest BCUT2D eigenvalue weighted by atomic mass is 10.1. The summed E-state index contributed by atoms with van der Waals surface area (Å²) in [6.07, 6.45) is 1.00. The summed E-state index contributed by atoms with van der Waals surface area (Å²) in [6.45, 7) is 4.99. The number of thioether (sulfide) groups is 1. The predicted molar refractivity (Wildman–Crippen MR) is 84.2 cm³/mol. The van der Waals surface area contributed by atoms with Crippen molar-refractivity contribution in [2.45, 2.75) is 37.7 Å². The zero-order valence-corrected chi connectivity index (χ0v) is 13.3. The van der Waals surface area contributed by atoms with E-state index >= 15 is 0 Å². The summed E-state index contributed by atoms with van der Waals surface area (Å²) in [5, 5.41) is 19.6. The van der Waals surface area contributed by atoms with Gasteiger partial charge in [-0.25, -0.2) is 9.67 Å². The minimum atomic E-state index is 0.651. The number of aromatic amines is 1. The average molecular weight is 315 g/mol. The van der Waals surface area contributed by atoms with Crippen LogP contribution in [0.5, 0.6) is 0 Å². The zero-order chi connectivity index (χ0) is 15.4. The summed E-state index contributed by atoms with van der Waals surface area (Å²) in [5.74, 6) is 2.27. The Morgan fingerprint density at radius 2 is 2.05 bits per heavy atom. The Hall–Kier alpha value is -2.22. The molecule has 0 saturated heterocycles. The van der Waals surface area contributed by atoms with Gasteiger partial charge in [0.15, 0.2) is 11.6 Å². The number of nitrogens with one attached hydrogen (secondary N) is 1. The second-order valence-corrected chi connectivity index (χ2v) is 5.88. The van der Waals surface area contributed by atoms with Crippen molar-refractivity contribution in [1.29, 1.82) is 0 Å². The second-order valence-electron chi connectivity index (χ2n) is 4.94. The number of aryl methyl sites for hydroxylation is 2. The van der Waals surface area contributed by atoms with Gasteiger partial charge in [0.05, 0.1) is 5.75 Å². The molecule has 0 spiro atoms. The molecule has 0 aliphatic carbocycles. The summed E-state index contributed by atoms with van der Waals surface area (Å²) in [5.41, 5.74) is 2.25. The molecule has 0 radical (unpaired) electrons. The van der Waals surface area contributed by atoms with Crippen LogP contribution in [-0.4, -0.2) is 35.4 Å². The lowest BCUT2D eigenvalue weighted by Crippen LogP contribution is -2.04. The first kappa shape index (κ1) is 14.7. The van der Waals surface area contributed by atoms with E-state index in [9.17, 15) is 0 Å². The van der Waals surface area contributed by atoms with Crippen molar-refractivity contribution < 1.29 is 0 Å². The smallest absolute Gasteiger partial charge is 0.209 e. The number of rotatable bonds is 6. The first-order valence-electron chi connectivity index (χ1n) is 7.13. The Morgan fingerprint density at radius 1 is 1.23 bits per heavy atom. The van der Waals surface area contributed by atoms with Gasteiger partial charge in [0, 0.05) is 12.1 Å². The van der Waals surface area contributed by atoms with Crippen molar-refractivity contribution in [2.75, 3.05) is 0 Å². The van der Waals surface area contributed by atoms with Gasteiger partial charge in [-0.15, -0.1) is 10.2 Å². The molecule has 2 aromatic heterocycles. The third kappa shape index (κ3) is 3.33. The maximum absolute atomic E-state index is 4.50. The van der Waals surface area contributed by atoms with Crippen LogP contribution in [0, 0.1) is 6.92 Å². The van der Waals surface area contributed by atoms with Gasteiger partial charge in [0.2, 0.25) is 5.16 Å². The Balaban J connectivity index is 1.67. The fraction of sp³-hybridized carbons (Fsp3) is 0.357. The molecule has 22 heavy (non-hydrogen) atoms. The van der Waals surface area contributed by atoms with Gasteiger partial charge in [-0.2, -0.15) is 0 Å². The van der Waals surface area contributed by atoms with Crippen LogP contribution in [0.25, 0.3) is 11.4 Å². The molecule has 0 unspecified atom stereocenters. The second kappa shape index (κ2) is 6.69. The number of tetrazole rings is 1. The van der Waals surface area contributed by atoms with E-state index in [4.69, 9.17) is 0 Å². The standard InChI is InChI=1S/C14H17N7S/c1-3-8-21-12(16-19-20-21)9-22-14-15-13(17-18-14)11-6-4-10(2)5-7-11/h4-7H,3,8-9H2,1-2H3,(H,15,17,18). The van der Waals surface area contributed by atoms with E-state index in [1.165, 1.54) is 17.3 Å². The fourth-order valence-corrected chi connectivity index (χ4v) is 2.72. The maximum atomic E-state index is 4.50. The first-order valence-corrected chi connectivity index (χ1v) is 8.12. The predicted octanol–water partition coefficient (Wildman–Crippen LogP) is 2.47. The van der Waals surface area contributed by atoms with Gasteiger partial charge in [-0.05, 0) is 23.8 Å². The summed E-state index contributed by atoms with van der Waals surface area (Å²) >= 11 is 1.52.